The first kappa shape index (κ1) is 14.5. The minimum absolute atomic E-state index is 0.0405. The van der Waals surface area contributed by atoms with E-state index in [1.807, 2.05) is 14.0 Å². The van der Waals surface area contributed by atoms with Gasteiger partial charge in [-0.1, -0.05) is 0 Å². The van der Waals surface area contributed by atoms with Crippen LogP contribution in [0.15, 0.2) is 18.2 Å². The second-order valence-corrected chi connectivity index (χ2v) is 5.02. The summed E-state index contributed by atoms with van der Waals surface area (Å²) >= 11 is 0. The number of fused-ring (bicyclic) bond motifs is 1. The molecule has 0 spiro atoms. The highest BCUT2D eigenvalue weighted by Gasteiger charge is 2.26. The molecule has 0 fully saturated rings. The van der Waals surface area contributed by atoms with Crippen LogP contribution in [-0.4, -0.2) is 37.9 Å². The van der Waals surface area contributed by atoms with Crippen LogP contribution in [-0.2, 0) is 4.79 Å². The largest absolute Gasteiger partial charge is 0.487 e. The summed E-state index contributed by atoms with van der Waals surface area (Å²) < 4.78 is 5.71. The Balaban J connectivity index is 2.31. The number of hydrogen-bond acceptors (Lipinski definition) is 4. The fraction of sp³-hybridized carbons (Fsp3) is 0.467. The summed E-state index contributed by atoms with van der Waals surface area (Å²) in [6.45, 7) is 4.60. The molecular weight excluding hydrogens is 256 g/mol. The standard InChI is InChI=1S/C15H20N2O3/c1-10-9-17(11(2)18)13-8-12(4-5-15(13)20-10)14(19)6-7-16-3/h4-5,8,10,16H,6-7,9H2,1-3H3. The van der Waals surface area contributed by atoms with Crippen molar-refractivity contribution in [1.29, 1.82) is 0 Å². The first-order valence-electron chi connectivity index (χ1n) is 6.79. The Morgan fingerprint density at radius 3 is 2.85 bits per heavy atom. The smallest absolute Gasteiger partial charge is 0.224 e. The van der Waals surface area contributed by atoms with Crippen LogP contribution in [0, 0.1) is 0 Å². The fourth-order valence-electron chi connectivity index (χ4n) is 2.29. The van der Waals surface area contributed by atoms with Gasteiger partial charge in [-0.05, 0) is 32.2 Å². The van der Waals surface area contributed by atoms with Crippen molar-refractivity contribution in [3.8, 4) is 5.75 Å². The van der Waals surface area contributed by atoms with Crippen molar-refractivity contribution in [3.63, 3.8) is 0 Å². The lowest BCUT2D eigenvalue weighted by atomic mass is 10.1. The third kappa shape index (κ3) is 2.99. The zero-order valence-electron chi connectivity index (χ0n) is 12.1. The van der Waals surface area contributed by atoms with Crippen molar-refractivity contribution >= 4 is 17.4 Å². The summed E-state index contributed by atoms with van der Waals surface area (Å²) in [7, 11) is 1.81. The molecule has 0 aliphatic carbocycles. The predicted molar refractivity (Wildman–Crippen MR) is 77.4 cm³/mol. The minimum Gasteiger partial charge on any atom is -0.487 e. The Morgan fingerprint density at radius 1 is 1.45 bits per heavy atom. The van der Waals surface area contributed by atoms with Gasteiger partial charge in [0.15, 0.2) is 5.78 Å². The van der Waals surface area contributed by atoms with Crippen LogP contribution in [0.5, 0.6) is 5.75 Å². The molecule has 5 nitrogen and oxygen atoms in total. The number of ketones is 1. The number of ether oxygens (including phenoxy) is 1. The molecule has 20 heavy (non-hydrogen) atoms. The molecule has 0 aromatic heterocycles. The molecule has 0 saturated carbocycles. The lowest BCUT2D eigenvalue weighted by Gasteiger charge is -2.33. The third-order valence-electron chi connectivity index (χ3n) is 3.32. The Kier molecular flexibility index (Phi) is 4.39. The number of benzene rings is 1. The van der Waals surface area contributed by atoms with E-state index in [-0.39, 0.29) is 17.8 Å². The van der Waals surface area contributed by atoms with Crippen LogP contribution >= 0.6 is 0 Å². The number of nitrogens with one attached hydrogen (secondary N) is 1. The molecule has 5 heteroatoms. The summed E-state index contributed by atoms with van der Waals surface area (Å²) in [4.78, 5) is 25.4. The second-order valence-electron chi connectivity index (χ2n) is 5.02. The lowest BCUT2D eigenvalue weighted by molar-refractivity contribution is -0.117. The Morgan fingerprint density at radius 2 is 2.20 bits per heavy atom. The van der Waals surface area contributed by atoms with Crippen LogP contribution in [0.2, 0.25) is 0 Å². The van der Waals surface area contributed by atoms with Gasteiger partial charge in [0.25, 0.3) is 0 Å². The number of rotatable bonds is 4. The molecule has 108 valence electrons. The van der Waals surface area contributed by atoms with Crippen LogP contribution in [0.3, 0.4) is 0 Å². The fourth-order valence-corrected chi connectivity index (χ4v) is 2.29. The molecule has 1 aromatic rings. The van der Waals surface area contributed by atoms with Crippen molar-refractivity contribution in [2.24, 2.45) is 0 Å². The molecule has 0 bridgehead atoms. The highest BCUT2D eigenvalue weighted by atomic mass is 16.5. The van der Waals surface area contributed by atoms with Gasteiger partial charge < -0.3 is 15.0 Å². The van der Waals surface area contributed by atoms with E-state index < -0.39 is 0 Å². The van der Waals surface area contributed by atoms with Crippen LogP contribution in [0.25, 0.3) is 0 Å². The number of hydrogen-bond donors (Lipinski definition) is 1. The first-order chi connectivity index (χ1) is 9.52. The van der Waals surface area contributed by atoms with Gasteiger partial charge in [0, 0.05) is 25.5 Å². The van der Waals surface area contributed by atoms with E-state index in [0.29, 0.717) is 36.5 Å². The highest BCUT2D eigenvalue weighted by molar-refractivity contribution is 6.00. The average Bonchev–Trinajstić information content (AvgIpc) is 2.43. The summed E-state index contributed by atoms with van der Waals surface area (Å²) in [5.74, 6) is 0.676. The van der Waals surface area contributed by atoms with Crippen LogP contribution < -0.4 is 15.0 Å². The molecule has 0 saturated heterocycles. The number of anilines is 1. The van der Waals surface area contributed by atoms with E-state index in [0.717, 1.165) is 0 Å². The van der Waals surface area contributed by atoms with Gasteiger partial charge in [0.05, 0.1) is 12.2 Å². The molecule has 1 aromatic carbocycles. The maximum absolute atomic E-state index is 12.0. The van der Waals surface area contributed by atoms with Gasteiger partial charge in [-0.15, -0.1) is 0 Å². The van der Waals surface area contributed by atoms with E-state index in [2.05, 4.69) is 5.32 Å². The van der Waals surface area contributed by atoms with Gasteiger partial charge in [0.2, 0.25) is 5.91 Å². The van der Waals surface area contributed by atoms with Crippen molar-refractivity contribution in [3.05, 3.63) is 23.8 Å². The highest BCUT2D eigenvalue weighted by Crippen LogP contribution is 2.34. The average molecular weight is 276 g/mol. The Labute approximate surface area is 118 Å². The molecule has 2 rings (SSSR count). The van der Waals surface area contributed by atoms with Crippen LogP contribution in [0.4, 0.5) is 5.69 Å². The van der Waals surface area contributed by atoms with E-state index >= 15 is 0 Å². The first-order valence-corrected chi connectivity index (χ1v) is 6.79. The maximum atomic E-state index is 12.0. The second kappa shape index (κ2) is 6.05. The molecule has 1 heterocycles. The van der Waals surface area contributed by atoms with E-state index in [1.165, 1.54) is 6.92 Å². The van der Waals surface area contributed by atoms with Crippen molar-refractivity contribution in [2.75, 3.05) is 25.0 Å². The van der Waals surface area contributed by atoms with E-state index in [4.69, 9.17) is 4.74 Å². The summed E-state index contributed by atoms with van der Waals surface area (Å²) in [6, 6.07) is 5.28. The molecule has 1 aliphatic heterocycles. The number of Topliss-reactive ketones (excluding diaryl/α,β-unsaturated/α-hetero) is 1. The molecule has 1 aliphatic rings. The van der Waals surface area contributed by atoms with Gasteiger partial charge in [0.1, 0.15) is 11.9 Å². The molecular formula is C15H20N2O3. The quantitative estimate of drug-likeness (QED) is 0.849. The zero-order valence-corrected chi connectivity index (χ0v) is 12.1. The maximum Gasteiger partial charge on any atom is 0.224 e. The van der Waals surface area contributed by atoms with Crippen molar-refractivity contribution in [1.82, 2.24) is 5.32 Å². The van der Waals surface area contributed by atoms with Crippen LogP contribution in [0.1, 0.15) is 30.6 Å². The molecule has 1 amide bonds. The van der Waals surface area contributed by atoms with Crippen molar-refractivity contribution in [2.45, 2.75) is 26.4 Å². The molecule has 1 atom stereocenters. The minimum atomic E-state index is -0.0442. The van der Waals surface area contributed by atoms with Gasteiger partial charge in [-0.25, -0.2) is 0 Å². The topological polar surface area (TPSA) is 58.6 Å². The number of carbonyl (C=O) groups is 2. The summed E-state index contributed by atoms with van der Waals surface area (Å²) in [5, 5.41) is 2.95. The monoisotopic (exact) mass is 276 g/mol. The number of carbonyl (C=O) groups excluding carboxylic acids is 2. The summed E-state index contributed by atoms with van der Waals surface area (Å²) in [5.41, 5.74) is 1.30. The van der Waals surface area contributed by atoms with Gasteiger partial charge in [-0.2, -0.15) is 0 Å². The molecule has 0 radical (unpaired) electrons. The van der Waals surface area contributed by atoms with Gasteiger partial charge >= 0.3 is 0 Å². The molecule has 1 unspecified atom stereocenters. The Bertz CT molecular complexity index is 528. The van der Waals surface area contributed by atoms with Gasteiger partial charge in [-0.3, -0.25) is 9.59 Å². The normalized spacial score (nSPS) is 17.4. The number of amides is 1. The number of nitrogens with zero attached hydrogens (tertiary/aromatic N) is 1. The SMILES string of the molecule is CNCCC(=O)c1ccc2c(c1)N(C(C)=O)CC(C)O2. The van der Waals surface area contributed by atoms with E-state index in [9.17, 15) is 9.59 Å². The summed E-state index contributed by atoms with van der Waals surface area (Å²) in [6.07, 6.45) is 0.393. The zero-order chi connectivity index (χ0) is 14.7. The lowest BCUT2D eigenvalue weighted by Crippen LogP contribution is -2.41. The predicted octanol–water partition coefficient (Wildman–Crippen LogP) is 1.61. The molecule has 1 N–H and O–H groups in total. The Hall–Kier alpha value is -1.88. The third-order valence-corrected chi connectivity index (χ3v) is 3.32. The van der Waals surface area contributed by atoms with Crippen molar-refractivity contribution < 1.29 is 14.3 Å². The van der Waals surface area contributed by atoms with E-state index in [1.54, 1.807) is 23.1 Å².